The Kier molecular flexibility index (Phi) is 10.4. The number of benzene rings is 1. The van der Waals surface area contributed by atoms with E-state index < -0.39 is 73.5 Å². The summed E-state index contributed by atoms with van der Waals surface area (Å²) in [5.41, 5.74) is -4.14. The van der Waals surface area contributed by atoms with Crippen molar-refractivity contribution >= 4 is 13.2 Å². The monoisotopic (exact) mass is 472 g/mol. The first-order chi connectivity index (χ1) is 13.8. The fraction of sp³-hybridized carbons (Fsp3) is 0.684. The maximum Gasteiger partial charge on any atom is 0.389 e. The Morgan fingerprint density at radius 1 is 0.833 bits per heavy atom. The molecule has 0 saturated heterocycles. The third-order valence-electron chi connectivity index (χ3n) is 4.51. The summed E-state index contributed by atoms with van der Waals surface area (Å²) in [6.45, 7) is 1.63. The lowest BCUT2D eigenvalue weighted by atomic mass is 10.1. The number of rotatable bonds is 12. The normalized spacial score (nSPS) is 14.8. The highest BCUT2D eigenvalue weighted by Gasteiger charge is 2.49. The topological polar surface area (TPSA) is 0 Å². The van der Waals surface area contributed by atoms with E-state index in [1.807, 2.05) is 0 Å². The second-order valence-corrected chi connectivity index (χ2v) is 9.33. The zero-order valence-corrected chi connectivity index (χ0v) is 17.1. The molecule has 0 N–H and O–H groups in total. The van der Waals surface area contributed by atoms with Gasteiger partial charge in [0, 0.05) is 19.6 Å². The van der Waals surface area contributed by atoms with Crippen LogP contribution in [0.5, 0.6) is 0 Å². The van der Waals surface area contributed by atoms with E-state index in [1.165, 1.54) is 0 Å². The smallest absolute Gasteiger partial charge is 0.240 e. The molecular weight excluding hydrogens is 449 g/mol. The summed E-state index contributed by atoms with van der Waals surface area (Å²) in [6.07, 6.45) is -8.94. The Labute approximate surface area is 169 Å². The molecule has 1 rings (SSSR count). The standard InChI is InChI=1S/C19H23F10P/c1-2-3-10-30(13-11-12(20)15(22)17(24)16(13)23)19(28,29)14(21)8-6-4-5-7-9-18(25,26)27/h11,14H,2-10H2,1H3. The van der Waals surface area contributed by atoms with Gasteiger partial charge in [-0.15, -0.1) is 0 Å². The average molecular weight is 472 g/mol. The van der Waals surface area contributed by atoms with E-state index in [4.69, 9.17) is 0 Å². The summed E-state index contributed by atoms with van der Waals surface area (Å²) in [5.74, 6) is -8.18. The molecule has 0 amide bonds. The van der Waals surface area contributed by atoms with Crippen LogP contribution in [-0.4, -0.2) is 24.2 Å². The van der Waals surface area contributed by atoms with Gasteiger partial charge >= 0.3 is 6.18 Å². The Morgan fingerprint density at radius 3 is 2.00 bits per heavy atom. The van der Waals surface area contributed by atoms with Crippen molar-refractivity contribution in [1.82, 2.24) is 0 Å². The van der Waals surface area contributed by atoms with Crippen molar-refractivity contribution in [3.8, 4) is 0 Å². The molecule has 0 aliphatic heterocycles. The average Bonchev–Trinajstić information content (AvgIpc) is 2.65. The van der Waals surface area contributed by atoms with Crippen molar-refractivity contribution in [1.29, 1.82) is 0 Å². The predicted octanol–water partition coefficient (Wildman–Crippen LogP) is 7.98. The summed E-state index contributed by atoms with van der Waals surface area (Å²) in [5, 5.41) is -1.08. The lowest BCUT2D eigenvalue weighted by Gasteiger charge is -2.30. The van der Waals surface area contributed by atoms with Gasteiger partial charge in [-0.2, -0.15) is 22.0 Å². The summed E-state index contributed by atoms with van der Waals surface area (Å²) in [7, 11) is -3.03. The van der Waals surface area contributed by atoms with Crippen LogP contribution in [0.25, 0.3) is 0 Å². The quantitative estimate of drug-likeness (QED) is 0.0951. The molecule has 0 aliphatic rings. The summed E-state index contributed by atoms with van der Waals surface area (Å²) >= 11 is 0. The van der Waals surface area contributed by atoms with Gasteiger partial charge < -0.3 is 0 Å². The van der Waals surface area contributed by atoms with Crippen molar-refractivity contribution in [3.63, 3.8) is 0 Å². The Balaban J connectivity index is 2.89. The third-order valence-corrected chi connectivity index (χ3v) is 7.18. The van der Waals surface area contributed by atoms with Gasteiger partial charge in [-0.1, -0.05) is 32.6 Å². The lowest BCUT2D eigenvalue weighted by molar-refractivity contribution is -0.135. The van der Waals surface area contributed by atoms with E-state index >= 15 is 0 Å². The fourth-order valence-corrected chi connectivity index (χ4v) is 5.41. The molecule has 1 aromatic carbocycles. The van der Waals surface area contributed by atoms with Crippen LogP contribution in [0, 0.1) is 23.3 Å². The molecule has 2 unspecified atom stereocenters. The molecule has 0 bridgehead atoms. The highest BCUT2D eigenvalue weighted by Crippen LogP contribution is 2.56. The van der Waals surface area contributed by atoms with Crippen molar-refractivity contribution in [3.05, 3.63) is 29.3 Å². The van der Waals surface area contributed by atoms with Gasteiger partial charge in [-0.25, -0.2) is 22.0 Å². The van der Waals surface area contributed by atoms with Gasteiger partial charge in [0.05, 0.1) is 0 Å². The molecule has 0 nitrogen and oxygen atoms in total. The van der Waals surface area contributed by atoms with Gasteiger partial charge in [-0.3, -0.25) is 0 Å². The maximum absolute atomic E-state index is 14.8. The first-order valence-electron chi connectivity index (χ1n) is 9.52. The number of unbranched alkanes of at least 4 members (excludes halogenated alkanes) is 4. The minimum absolute atomic E-state index is 0.0748. The molecule has 30 heavy (non-hydrogen) atoms. The number of hydrogen-bond acceptors (Lipinski definition) is 0. The molecule has 0 saturated carbocycles. The predicted molar refractivity (Wildman–Crippen MR) is 96.2 cm³/mol. The van der Waals surface area contributed by atoms with Crippen LogP contribution in [0.1, 0.15) is 58.3 Å². The van der Waals surface area contributed by atoms with E-state index in [2.05, 4.69) is 0 Å². The second kappa shape index (κ2) is 11.5. The number of halogens is 10. The molecule has 0 heterocycles. The van der Waals surface area contributed by atoms with Crippen LogP contribution >= 0.6 is 7.92 Å². The van der Waals surface area contributed by atoms with Crippen LogP contribution in [0.15, 0.2) is 6.07 Å². The van der Waals surface area contributed by atoms with E-state index in [9.17, 15) is 43.9 Å². The number of alkyl halides is 6. The van der Waals surface area contributed by atoms with Crippen LogP contribution in [0.4, 0.5) is 43.9 Å². The third kappa shape index (κ3) is 7.57. The number of hydrogen-bond donors (Lipinski definition) is 0. The van der Waals surface area contributed by atoms with E-state index in [0.717, 1.165) is 0 Å². The first-order valence-corrected chi connectivity index (χ1v) is 11.0. The van der Waals surface area contributed by atoms with Crippen LogP contribution in [0.3, 0.4) is 0 Å². The molecule has 0 spiro atoms. The van der Waals surface area contributed by atoms with Gasteiger partial charge in [-0.05, 0) is 31.5 Å². The molecule has 0 radical (unpaired) electrons. The highest BCUT2D eigenvalue weighted by atomic mass is 31.1. The van der Waals surface area contributed by atoms with Gasteiger partial charge in [0.2, 0.25) is 0 Å². The van der Waals surface area contributed by atoms with E-state index in [-0.39, 0.29) is 38.2 Å². The Hall–Kier alpha value is -1.05. The van der Waals surface area contributed by atoms with Gasteiger partial charge in [0.1, 0.15) is 0 Å². The van der Waals surface area contributed by atoms with E-state index in [1.54, 1.807) is 6.92 Å². The highest BCUT2D eigenvalue weighted by molar-refractivity contribution is 7.66. The SMILES string of the molecule is CCCCP(c1cc(F)c(F)c(F)c1F)C(F)(F)C(F)CCCCCCC(F)(F)F. The molecule has 0 fully saturated rings. The minimum Gasteiger partial charge on any atom is -0.240 e. The Bertz CT molecular complexity index is 674. The molecule has 1 aromatic rings. The van der Waals surface area contributed by atoms with Crippen molar-refractivity contribution in [2.45, 2.75) is 76.3 Å². The lowest BCUT2D eigenvalue weighted by Crippen LogP contribution is -2.34. The molecule has 0 aromatic heterocycles. The van der Waals surface area contributed by atoms with Gasteiger partial charge in [0.15, 0.2) is 29.4 Å². The molecule has 2 atom stereocenters. The van der Waals surface area contributed by atoms with Crippen LogP contribution in [0.2, 0.25) is 0 Å². The minimum atomic E-state index is -4.32. The molecule has 0 aliphatic carbocycles. The zero-order chi connectivity index (χ0) is 23.1. The second-order valence-electron chi connectivity index (χ2n) is 6.95. The first kappa shape index (κ1) is 27.0. The van der Waals surface area contributed by atoms with Crippen LogP contribution in [-0.2, 0) is 0 Å². The molecular formula is C19H23F10P. The maximum atomic E-state index is 14.8. The van der Waals surface area contributed by atoms with Crippen LogP contribution < -0.4 is 5.30 Å². The summed E-state index contributed by atoms with van der Waals surface area (Å²) < 4.78 is 134. The van der Waals surface area contributed by atoms with Crippen molar-refractivity contribution < 1.29 is 43.9 Å². The Morgan fingerprint density at radius 2 is 1.43 bits per heavy atom. The summed E-state index contributed by atoms with van der Waals surface area (Å²) in [4.78, 5) is 0. The largest absolute Gasteiger partial charge is 0.389 e. The summed E-state index contributed by atoms with van der Waals surface area (Å²) in [6, 6.07) is 0.146. The van der Waals surface area contributed by atoms with Crippen molar-refractivity contribution in [2.24, 2.45) is 0 Å². The zero-order valence-electron chi connectivity index (χ0n) is 16.2. The molecule has 11 heteroatoms. The fourth-order valence-electron chi connectivity index (χ4n) is 2.85. The van der Waals surface area contributed by atoms with E-state index in [0.29, 0.717) is 6.42 Å². The van der Waals surface area contributed by atoms with Gasteiger partial charge in [0.25, 0.3) is 5.66 Å². The molecule has 174 valence electrons. The van der Waals surface area contributed by atoms with Crippen molar-refractivity contribution in [2.75, 3.05) is 6.16 Å².